The number of nitrogens with one attached hydrogen (secondary N) is 1. The lowest BCUT2D eigenvalue weighted by Crippen LogP contribution is -2.36. The van der Waals surface area contributed by atoms with Crippen molar-refractivity contribution in [1.82, 2.24) is 4.98 Å². The summed E-state index contributed by atoms with van der Waals surface area (Å²) in [5.74, 6) is -0.829. The molecule has 0 radical (unpaired) electrons. The van der Waals surface area contributed by atoms with Gasteiger partial charge in [0.05, 0.1) is 24.3 Å². The van der Waals surface area contributed by atoms with Crippen LogP contribution in [-0.4, -0.2) is 49.8 Å². The maximum absolute atomic E-state index is 13.2. The van der Waals surface area contributed by atoms with Gasteiger partial charge in [-0.1, -0.05) is 11.6 Å². The molecule has 176 valence electrons. The minimum Gasteiger partial charge on any atom is -0.452 e. The lowest BCUT2D eigenvalue weighted by atomic mass is 9.89. The molecule has 0 bridgehead atoms. The van der Waals surface area contributed by atoms with Crippen molar-refractivity contribution < 1.29 is 19.1 Å². The summed E-state index contributed by atoms with van der Waals surface area (Å²) in [4.78, 5) is 32.7. The van der Waals surface area contributed by atoms with Gasteiger partial charge >= 0.3 is 5.97 Å². The van der Waals surface area contributed by atoms with Gasteiger partial charge in [-0.2, -0.15) is 0 Å². The second-order valence-electron chi connectivity index (χ2n) is 8.91. The van der Waals surface area contributed by atoms with Gasteiger partial charge in [0, 0.05) is 35.5 Å². The van der Waals surface area contributed by atoms with E-state index in [1.807, 2.05) is 49.4 Å². The van der Waals surface area contributed by atoms with Crippen molar-refractivity contribution in [1.29, 1.82) is 0 Å². The number of aryl methyl sites for hydroxylation is 2. The number of morpholine rings is 1. The number of fused-ring (bicyclic) bond motifs is 2. The summed E-state index contributed by atoms with van der Waals surface area (Å²) < 4.78 is 10.9. The molecular weight excluding hydrogens is 430 g/mol. The largest absolute Gasteiger partial charge is 0.452 e. The fraction of sp³-hybridized carbons (Fsp3) is 0.370. The number of amides is 1. The first-order chi connectivity index (χ1) is 16.6. The molecule has 34 heavy (non-hydrogen) atoms. The van der Waals surface area contributed by atoms with Gasteiger partial charge in [0.15, 0.2) is 6.61 Å². The van der Waals surface area contributed by atoms with E-state index in [4.69, 9.17) is 14.5 Å². The van der Waals surface area contributed by atoms with Crippen molar-refractivity contribution in [3.8, 4) is 0 Å². The van der Waals surface area contributed by atoms with Crippen LogP contribution in [0.2, 0.25) is 0 Å². The SMILES string of the molecule is Cc1ccc2nc3c(c(C(=O)OCC(=O)Nc4ccc(N5CCOCC5)cc4)c2c1)CCCC3. The summed E-state index contributed by atoms with van der Waals surface area (Å²) >= 11 is 0. The molecule has 1 aliphatic heterocycles. The van der Waals surface area contributed by atoms with Crippen molar-refractivity contribution in [2.24, 2.45) is 0 Å². The average molecular weight is 460 g/mol. The number of hydrogen-bond donors (Lipinski definition) is 1. The number of carbonyl (C=O) groups is 2. The standard InChI is InChI=1S/C27H29N3O4/c1-18-6-11-24-22(16-18)26(21-4-2-3-5-23(21)29-24)27(32)34-17-25(31)28-19-7-9-20(10-8-19)30-12-14-33-15-13-30/h6-11,16H,2-5,12-15,17H2,1H3,(H,28,31). The van der Waals surface area contributed by atoms with Gasteiger partial charge < -0.3 is 19.7 Å². The minimum absolute atomic E-state index is 0.339. The first-order valence-electron chi connectivity index (χ1n) is 11.9. The second-order valence-corrected chi connectivity index (χ2v) is 8.91. The molecule has 0 unspecified atom stereocenters. The Morgan fingerprint density at radius 2 is 1.82 bits per heavy atom. The Labute approximate surface area is 199 Å². The molecule has 1 saturated heterocycles. The third-order valence-corrected chi connectivity index (χ3v) is 6.48. The van der Waals surface area contributed by atoms with Gasteiger partial charge in [0.1, 0.15) is 0 Å². The zero-order chi connectivity index (χ0) is 23.5. The van der Waals surface area contributed by atoms with E-state index in [9.17, 15) is 9.59 Å². The number of rotatable bonds is 5. The maximum Gasteiger partial charge on any atom is 0.339 e. The van der Waals surface area contributed by atoms with Crippen LogP contribution in [0, 0.1) is 6.92 Å². The number of benzene rings is 2. The summed E-state index contributed by atoms with van der Waals surface area (Å²) in [6.07, 6.45) is 3.75. The Morgan fingerprint density at radius 3 is 2.62 bits per heavy atom. The van der Waals surface area contributed by atoms with Crippen LogP contribution in [0.4, 0.5) is 11.4 Å². The zero-order valence-electron chi connectivity index (χ0n) is 19.4. The molecular formula is C27H29N3O4. The van der Waals surface area contributed by atoms with E-state index in [1.165, 1.54) is 0 Å². The molecule has 2 aromatic carbocycles. The molecule has 2 aliphatic rings. The molecule has 2 heterocycles. The van der Waals surface area contributed by atoms with Crippen molar-refractivity contribution >= 4 is 34.2 Å². The van der Waals surface area contributed by atoms with Gasteiger partial charge in [-0.3, -0.25) is 9.78 Å². The third-order valence-electron chi connectivity index (χ3n) is 6.48. The molecule has 7 nitrogen and oxygen atoms in total. The minimum atomic E-state index is -0.464. The summed E-state index contributed by atoms with van der Waals surface area (Å²) in [6, 6.07) is 13.6. The first-order valence-corrected chi connectivity index (χ1v) is 11.9. The number of hydrogen-bond acceptors (Lipinski definition) is 6. The number of carbonyl (C=O) groups excluding carboxylic acids is 2. The highest BCUT2D eigenvalue weighted by atomic mass is 16.5. The summed E-state index contributed by atoms with van der Waals surface area (Å²) in [7, 11) is 0. The smallest absolute Gasteiger partial charge is 0.339 e. The lowest BCUT2D eigenvalue weighted by molar-refractivity contribution is -0.119. The molecule has 3 aromatic rings. The number of ether oxygens (including phenoxy) is 2. The fourth-order valence-corrected chi connectivity index (χ4v) is 4.75. The van der Waals surface area contributed by atoms with Crippen LogP contribution in [0.1, 0.15) is 40.0 Å². The predicted molar refractivity (Wildman–Crippen MR) is 132 cm³/mol. The quantitative estimate of drug-likeness (QED) is 0.580. The number of esters is 1. The Balaban J connectivity index is 1.27. The van der Waals surface area contributed by atoms with E-state index < -0.39 is 5.97 Å². The molecule has 1 aliphatic carbocycles. The second kappa shape index (κ2) is 9.81. The molecule has 0 saturated carbocycles. The normalized spacial score (nSPS) is 15.6. The van der Waals surface area contributed by atoms with Crippen LogP contribution >= 0.6 is 0 Å². The van der Waals surface area contributed by atoms with E-state index >= 15 is 0 Å². The van der Waals surface area contributed by atoms with Gasteiger partial charge in [-0.25, -0.2) is 4.79 Å². The lowest BCUT2D eigenvalue weighted by Gasteiger charge is -2.28. The first kappa shape index (κ1) is 22.3. The van der Waals surface area contributed by atoms with E-state index in [0.717, 1.165) is 85.4 Å². The predicted octanol–water partition coefficient (Wildman–Crippen LogP) is 4.05. The molecule has 1 fully saturated rings. The monoisotopic (exact) mass is 459 g/mol. The highest BCUT2D eigenvalue weighted by Gasteiger charge is 2.24. The van der Waals surface area contributed by atoms with Crippen molar-refractivity contribution in [3.63, 3.8) is 0 Å². The summed E-state index contributed by atoms with van der Waals surface area (Å²) in [5.41, 5.74) is 6.11. The molecule has 0 spiro atoms. The topological polar surface area (TPSA) is 80.8 Å². The molecule has 1 amide bonds. The van der Waals surface area contributed by atoms with Gasteiger partial charge in [-0.15, -0.1) is 0 Å². The molecule has 7 heteroatoms. The molecule has 5 rings (SSSR count). The fourth-order valence-electron chi connectivity index (χ4n) is 4.75. The maximum atomic E-state index is 13.2. The number of aromatic nitrogens is 1. The van der Waals surface area contributed by atoms with Crippen LogP contribution in [-0.2, 0) is 27.1 Å². The number of nitrogens with zero attached hydrogens (tertiary/aromatic N) is 2. The Bertz CT molecular complexity index is 1220. The highest BCUT2D eigenvalue weighted by molar-refractivity contribution is 6.06. The van der Waals surface area contributed by atoms with Crippen molar-refractivity contribution in [2.45, 2.75) is 32.6 Å². The average Bonchev–Trinajstić information content (AvgIpc) is 2.87. The zero-order valence-corrected chi connectivity index (χ0v) is 19.4. The summed E-state index contributed by atoms with van der Waals surface area (Å²) in [6.45, 7) is 4.81. The van der Waals surface area contributed by atoms with E-state index in [2.05, 4.69) is 10.2 Å². The Kier molecular flexibility index (Phi) is 6.45. The Hall–Kier alpha value is -3.45. The number of anilines is 2. The van der Waals surface area contributed by atoms with E-state index in [-0.39, 0.29) is 12.5 Å². The van der Waals surface area contributed by atoms with Crippen LogP contribution in [0.15, 0.2) is 42.5 Å². The molecule has 0 atom stereocenters. The van der Waals surface area contributed by atoms with Crippen molar-refractivity contribution in [3.05, 3.63) is 64.8 Å². The van der Waals surface area contributed by atoms with Crippen LogP contribution in [0.25, 0.3) is 10.9 Å². The van der Waals surface area contributed by atoms with Gasteiger partial charge in [-0.05, 0) is 74.6 Å². The van der Waals surface area contributed by atoms with Gasteiger partial charge in [0.25, 0.3) is 5.91 Å². The Morgan fingerprint density at radius 1 is 1.06 bits per heavy atom. The highest BCUT2D eigenvalue weighted by Crippen LogP contribution is 2.30. The third kappa shape index (κ3) is 4.75. The van der Waals surface area contributed by atoms with Crippen LogP contribution in [0.5, 0.6) is 0 Å². The van der Waals surface area contributed by atoms with E-state index in [1.54, 1.807) is 0 Å². The van der Waals surface area contributed by atoms with Crippen LogP contribution < -0.4 is 10.2 Å². The van der Waals surface area contributed by atoms with Crippen molar-refractivity contribution in [2.75, 3.05) is 43.1 Å². The molecule has 1 N–H and O–H groups in total. The van der Waals surface area contributed by atoms with E-state index in [0.29, 0.717) is 11.3 Å². The summed E-state index contributed by atoms with van der Waals surface area (Å²) in [5, 5.41) is 3.61. The number of pyridine rings is 1. The van der Waals surface area contributed by atoms with Crippen LogP contribution in [0.3, 0.4) is 0 Å². The van der Waals surface area contributed by atoms with Gasteiger partial charge in [0.2, 0.25) is 0 Å². The molecule has 1 aromatic heterocycles.